The molecule has 0 spiro atoms. The molecule has 0 bridgehead atoms. The van der Waals surface area contributed by atoms with Crippen molar-refractivity contribution in [2.75, 3.05) is 0 Å². The summed E-state index contributed by atoms with van der Waals surface area (Å²) in [5.41, 5.74) is -1.53. The molecule has 0 aliphatic carbocycles. The molecular formula is C14H8F3N3OS2. The van der Waals surface area contributed by atoms with Crippen LogP contribution in [0, 0.1) is 0 Å². The summed E-state index contributed by atoms with van der Waals surface area (Å²) in [5, 5.41) is 1.63. The van der Waals surface area contributed by atoms with Crippen molar-refractivity contribution in [1.82, 2.24) is 4.72 Å². The van der Waals surface area contributed by atoms with Gasteiger partial charge in [0.1, 0.15) is 11.2 Å². The van der Waals surface area contributed by atoms with E-state index in [1.54, 1.807) is 12.1 Å². The Hall–Kier alpha value is -1.84. The van der Waals surface area contributed by atoms with Crippen LogP contribution in [0.25, 0.3) is 21.9 Å². The van der Waals surface area contributed by atoms with Crippen molar-refractivity contribution in [2.24, 2.45) is 8.13 Å². The van der Waals surface area contributed by atoms with E-state index in [2.05, 4.69) is 12.9 Å². The fraction of sp³-hybridized carbons (Fsp3) is 0.143. The Labute approximate surface area is 136 Å². The molecule has 0 fully saturated rings. The fourth-order valence-electron chi connectivity index (χ4n) is 2.53. The average molecular weight is 355 g/mol. The third-order valence-corrected chi connectivity index (χ3v) is 4.96. The number of para-hydroxylation sites is 1. The molecular weight excluding hydrogens is 347 g/mol. The standard InChI is InChI=1S/C14H8F3N3OS2/c15-14(16,17)13(18-22-20-23-19-13)8-5-6-10-9-3-1-2-4-11(9)21-12(10)7-8/h1-7,18H. The van der Waals surface area contributed by atoms with Crippen LogP contribution in [0.15, 0.2) is 55.0 Å². The fourth-order valence-corrected chi connectivity index (χ4v) is 3.80. The number of benzene rings is 2. The van der Waals surface area contributed by atoms with Crippen LogP contribution in [0.1, 0.15) is 5.56 Å². The number of nitrogens with one attached hydrogen (secondary N) is 1. The summed E-state index contributed by atoms with van der Waals surface area (Å²) < 4.78 is 56.1. The highest BCUT2D eigenvalue weighted by Crippen LogP contribution is 2.44. The van der Waals surface area contributed by atoms with Gasteiger partial charge in [-0.25, -0.2) is 4.72 Å². The van der Waals surface area contributed by atoms with Gasteiger partial charge in [0.15, 0.2) is 0 Å². The molecule has 1 N–H and O–H groups in total. The average Bonchev–Trinajstić information content (AvgIpc) is 2.92. The minimum Gasteiger partial charge on any atom is -0.456 e. The Balaban J connectivity index is 1.97. The van der Waals surface area contributed by atoms with Crippen molar-refractivity contribution in [3.63, 3.8) is 0 Å². The molecule has 9 heteroatoms. The third-order valence-electron chi connectivity index (χ3n) is 3.65. The van der Waals surface area contributed by atoms with Crippen molar-refractivity contribution in [2.45, 2.75) is 11.8 Å². The van der Waals surface area contributed by atoms with E-state index in [0.717, 1.165) is 10.8 Å². The summed E-state index contributed by atoms with van der Waals surface area (Å²) in [6.07, 6.45) is -4.61. The van der Waals surface area contributed by atoms with Gasteiger partial charge < -0.3 is 4.42 Å². The molecule has 0 saturated carbocycles. The maximum absolute atomic E-state index is 13.6. The van der Waals surface area contributed by atoms with Crippen LogP contribution in [0.5, 0.6) is 0 Å². The molecule has 0 saturated heterocycles. The summed E-state index contributed by atoms with van der Waals surface area (Å²) >= 11 is 1.16. The van der Waals surface area contributed by atoms with Gasteiger partial charge in [0.25, 0.3) is 5.66 Å². The number of rotatable bonds is 1. The Morgan fingerprint density at radius 3 is 2.57 bits per heavy atom. The first-order chi connectivity index (χ1) is 11.0. The van der Waals surface area contributed by atoms with Crippen LogP contribution in [-0.2, 0) is 17.0 Å². The lowest BCUT2D eigenvalue weighted by Crippen LogP contribution is -2.50. The van der Waals surface area contributed by atoms with Crippen LogP contribution in [0.3, 0.4) is 0 Å². The number of nitrogens with zero attached hydrogens (tertiary/aromatic N) is 2. The number of hydrogen-bond acceptors (Lipinski definition) is 5. The number of fused-ring (bicyclic) bond motifs is 3. The van der Waals surface area contributed by atoms with Crippen molar-refractivity contribution in [3.8, 4) is 0 Å². The van der Waals surface area contributed by atoms with E-state index >= 15 is 0 Å². The van der Waals surface area contributed by atoms with Gasteiger partial charge in [-0.2, -0.15) is 17.5 Å². The molecule has 118 valence electrons. The molecule has 4 nitrogen and oxygen atoms in total. The Kier molecular flexibility index (Phi) is 3.26. The molecule has 3 aromatic rings. The first kappa shape index (κ1) is 14.7. The van der Waals surface area contributed by atoms with E-state index in [1.807, 2.05) is 18.2 Å². The number of alkyl halides is 3. The van der Waals surface area contributed by atoms with Gasteiger partial charge in [0, 0.05) is 16.3 Å². The minimum atomic E-state index is -4.61. The van der Waals surface area contributed by atoms with Gasteiger partial charge in [-0.1, -0.05) is 30.3 Å². The van der Waals surface area contributed by atoms with E-state index < -0.39 is 11.8 Å². The maximum Gasteiger partial charge on any atom is 0.433 e. The quantitative estimate of drug-likeness (QED) is 0.631. The van der Waals surface area contributed by atoms with Gasteiger partial charge in [-0.3, -0.25) is 0 Å². The SMILES string of the molecule is FC(F)(F)C1(c2ccc3c(c2)oc2ccccc23)N=S=NSN1. The van der Waals surface area contributed by atoms with E-state index in [1.165, 1.54) is 12.1 Å². The van der Waals surface area contributed by atoms with Crippen molar-refractivity contribution >= 4 is 45.4 Å². The predicted octanol–water partition coefficient (Wildman–Crippen LogP) is 4.92. The lowest BCUT2D eigenvalue weighted by molar-refractivity contribution is -0.191. The Morgan fingerprint density at radius 1 is 1.04 bits per heavy atom. The van der Waals surface area contributed by atoms with E-state index in [0.29, 0.717) is 34.7 Å². The third kappa shape index (κ3) is 2.19. The second-order valence-electron chi connectivity index (χ2n) is 4.96. The lowest BCUT2D eigenvalue weighted by Gasteiger charge is -2.31. The summed E-state index contributed by atoms with van der Waals surface area (Å²) in [7, 11) is 0. The summed E-state index contributed by atoms with van der Waals surface area (Å²) in [4.78, 5) is 0. The molecule has 1 aromatic heterocycles. The van der Waals surface area contributed by atoms with Gasteiger partial charge >= 0.3 is 6.18 Å². The highest BCUT2D eigenvalue weighted by Gasteiger charge is 2.58. The smallest absolute Gasteiger partial charge is 0.433 e. The molecule has 2 aromatic carbocycles. The van der Waals surface area contributed by atoms with Crippen LogP contribution in [0.2, 0.25) is 0 Å². The summed E-state index contributed by atoms with van der Waals surface area (Å²) in [6, 6.07) is 11.7. The molecule has 1 aliphatic rings. The zero-order chi connectivity index (χ0) is 16.1. The highest BCUT2D eigenvalue weighted by atomic mass is 32.2. The lowest BCUT2D eigenvalue weighted by atomic mass is 9.99. The first-order valence-corrected chi connectivity index (χ1v) is 8.02. The second kappa shape index (κ2) is 5.08. The zero-order valence-electron chi connectivity index (χ0n) is 11.3. The molecule has 0 radical (unpaired) electrons. The molecule has 1 unspecified atom stereocenters. The minimum absolute atomic E-state index is 0.0357. The van der Waals surface area contributed by atoms with E-state index in [4.69, 9.17) is 4.42 Å². The molecule has 4 rings (SSSR count). The van der Waals surface area contributed by atoms with Crippen LogP contribution in [0.4, 0.5) is 13.2 Å². The first-order valence-electron chi connectivity index (χ1n) is 6.52. The van der Waals surface area contributed by atoms with Crippen molar-refractivity contribution in [1.29, 1.82) is 0 Å². The number of furan rings is 1. The second-order valence-corrected chi connectivity index (χ2v) is 6.29. The van der Waals surface area contributed by atoms with Gasteiger partial charge in [0.05, 0.1) is 23.5 Å². The number of halogens is 3. The summed E-state index contributed by atoms with van der Waals surface area (Å²) in [6.45, 7) is 0. The van der Waals surface area contributed by atoms with Crippen molar-refractivity contribution < 1.29 is 17.6 Å². The largest absolute Gasteiger partial charge is 0.456 e. The molecule has 0 amide bonds. The predicted molar refractivity (Wildman–Crippen MR) is 84.4 cm³/mol. The van der Waals surface area contributed by atoms with Crippen molar-refractivity contribution in [3.05, 3.63) is 48.0 Å². The van der Waals surface area contributed by atoms with E-state index in [9.17, 15) is 13.2 Å². The molecule has 2 heterocycles. The van der Waals surface area contributed by atoms with Gasteiger partial charge in [-0.05, 0) is 12.1 Å². The normalized spacial score (nSPS) is 21.7. The molecule has 1 aliphatic heterocycles. The monoisotopic (exact) mass is 355 g/mol. The Morgan fingerprint density at radius 2 is 1.83 bits per heavy atom. The molecule has 23 heavy (non-hydrogen) atoms. The topological polar surface area (TPSA) is 49.9 Å². The summed E-state index contributed by atoms with van der Waals surface area (Å²) in [5.74, 6) is 0. The van der Waals surface area contributed by atoms with E-state index in [-0.39, 0.29) is 5.56 Å². The zero-order valence-corrected chi connectivity index (χ0v) is 12.9. The Bertz CT molecular complexity index is 978. The molecule has 1 atom stereocenters. The van der Waals surface area contributed by atoms with Gasteiger partial charge in [-0.15, -0.1) is 3.77 Å². The maximum atomic E-state index is 13.6. The van der Waals surface area contributed by atoms with Crippen LogP contribution in [-0.4, -0.2) is 6.18 Å². The number of hydrogen-bond donors (Lipinski definition) is 1. The highest BCUT2D eigenvalue weighted by molar-refractivity contribution is 7.99. The van der Waals surface area contributed by atoms with Crippen LogP contribution < -0.4 is 4.72 Å². The van der Waals surface area contributed by atoms with Gasteiger partial charge in [0.2, 0.25) is 0 Å². The van der Waals surface area contributed by atoms with Crippen LogP contribution >= 0.6 is 12.1 Å².